The van der Waals surface area contributed by atoms with Crippen LogP contribution in [0.5, 0.6) is 0 Å². The number of aliphatic hydroxyl groups excluding tert-OH is 1. The number of ether oxygens (including phenoxy) is 1. The molecule has 4 rings (SSSR count). The average molecular weight is 427 g/mol. The first-order valence-corrected chi connectivity index (χ1v) is 10.3. The molecule has 0 bridgehead atoms. The highest BCUT2D eigenvalue weighted by Gasteiger charge is 2.45. The summed E-state index contributed by atoms with van der Waals surface area (Å²) in [5.41, 5.74) is 1.34. The summed E-state index contributed by atoms with van der Waals surface area (Å²) in [5, 5.41) is 11.5. The van der Waals surface area contributed by atoms with Crippen molar-refractivity contribution in [3.8, 4) is 0 Å². The predicted octanol–water partition coefficient (Wildman–Crippen LogP) is 3.09. The first kappa shape index (κ1) is 20.6. The highest BCUT2D eigenvalue weighted by molar-refractivity contribution is 6.46. The van der Waals surface area contributed by atoms with E-state index in [2.05, 4.69) is 4.90 Å². The standard InChI is InChI=1S/C23H23ClN2O4/c24-18-8-6-17(7-9-18)21(27)19-20(16-4-2-1-3-5-16)26(23(29)22(19)28)11-10-25-12-14-30-15-13-25/h1-9,20,27H,10-15H2/b21-19-. The summed E-state index contributed by atoms with van der Waals surface area (Å²) in [4.78, 5) is 29.7. The van der Waals surface area contributed by atoms with Crippen molar-refractivity contribution in [2.45, 2.75) is 6.04 Å². The Labute approximate surface area is 180 Å². The molecule has 1 atom stereocenters. The lowest BCUT2D eigenvalue weighted by atomic mass is 9.95. The van der Waals surface area contributed by atoms with E-state index < -0.39 is 17.7 Å². The van der Waals surface area contributed by atoms with Crippen LogP contribution < -0.4 is 0 Å². The molecule has 30 heavy (non-hydrogen) atoms. The Kier molecular flexibility index (Phi) is 6.18. The van der Waals surface area contributed by atoms with Crippen LogP contribution in [0.4, 0.5) is 0 Å². The van der Waals surface area contributed by atoms with Gasteiger partial charge in [-0.15, -0.1) is 0 Å². The van der Waals surface area contributed by atoms with Gasteiger partial charge in [-0.25, -0.2) is 0 Å². The SMILES string of the molecule is O=C1C(=O)N(CCN2CCOCC2)C(c2ccccc2)/C1=C(/O)c1ccc(Cl)cc1. The Bertz CT molecular complexity index is 953. The smallest absolute Gasteiger partial charge is 0.295 e. The molecule has 0 aromatic heterocycles. The van der Waals surface area contributed by atoms with Gasteiger partial charge >= 0.3 is 0 Å². The molecule has 1 unspecified atom stereocenters. The van der Waals surface area contributed by atoms with Crippen LogP contribution in [-0.4, -0.2) is 66.0 Å². The van der Waals surface area contributed by atoms with Gasteiger partial charge in [0.15, 0.2) is 0 Å². The number of aliphatic hydroxyl groups is 1. The van der Waals surface area contributed by atoms with E-state index in [-0.39, 0.29) is 11.3 Å². The number of nitrogens with zero attached hydrogens (tertiary/aromatic N) is 2. The van der Waals surface area contributed by atoms with Crippen LogP contribution in [0, 0.1) is 0 Å². The van der Waals surface area contributed by atoms with E-state index in [1.165, 1.54) is 0 Å². The van der Waals surface area contributed by atoms with E-state index in [1.54, 1.807) is 29.2 Å². The van der Waals surface area contributed by atoms with E-state index in [4.69, 9.17) is 16.3 Å². The molecule has 0 aliphatic carbocycles. The predicted molar refractivity (Wildman–Crippen MR) is 114 cm³/mol. The maximum Gasteiger partial charge on any atom is 0.295 e. The van der Waals surface area contributed by atoms with Gasteiger partial charge < -0.3 is 14.7 Å². The number of hydrogen-bond donors (Lipinski definition) is 1. The molecule has 2 aliphatic heterocycles. The zero-order chi connectivity index (χ0) is 21.1. The number of carbonyl (C=O) groups is 2. The third kappa shape index (κ3) is 4.12. The molecule has 0 saturated carbocycles. The number of benzene rings is 2. The van der Waals surface area contributed by atoms with Crippen molar-refractivity contribution in [1.82, 2.24) is 9.80 Å². The van der Waals surface area contributed by atoms with E-state index in [0.29, 0.717) is 36.9 Å². The summed E-state index contributed by atoms with van der Waals surface area (Å²) in [7, 11) is 0. The van der Waals surface area contributed by atoms with Gasteiger partial charge in [-0.3, -0.25) is 14.5 Å². The molecule has 2 aliphatic rings. The average Bonchev–Trinajstić information content (AvgIpc) is 3.04. The maximum absolute atomic E-state index is 13.0. The van der Waals surface area contributed by atoms with Gasteiger partial charge in [0, 0.05) is 36.8 Å². The van der Waals surface area contributed by atoms with E-state index >= 15 is 0 Å². The van der Waals surface area contributed by atoms with E-state index in [9.17, 15) is 14.7 Å². The molecule has 1 N–H and O–H groups in total. The molecular weight excluding hydrogens is 404 g/mol. The van der Waals surface area contributed by atoms with Crippen LogP contribution in [0.25, 0.3) is 5.76 Å². The second-order valence-corrected chi connectivity index (χ2v) is 7.80. The summed E-state index contributed by atoms with van der Waals surface area (Å²) >= 11 is 5.95. The van der Waals surface area contributed by atoms with Crippen LogP contribution in [0.2, 0.25) is 5.02 Å². The van der Waals surface area contributed by atoms with Crippen LogP contribution in [0.1, 0.15) is 17.2 Å². The summed E-state index contributed by atoms with van der Waals surface area (Å²) in [6.07, 6.45) is 0. The minimum absolute atomic E-state index is 0.107. The van der Waals surface area contributed by atoms with Gasteiger partial charge in [-0.1, -0.05) is 41.9 Å². The number of carbonyl (C=O) groups excluding carboxylic acids is 2. The highest BCUT2D eigenvalue weighted by atomic mass is 35.5. The Morgan fingerprint density at radius 2 is 1.67 bits per heavy atom. The molecule has 2 aromatic rings. The van der Waals surface area contributed by atoms with Gasteiger partial charge in [-0.05, 0) is 29.8 Å². The molecule has 7 heteroatoms. The van der Waals surface area contributed by atoms with Crippen LogP contribution in [-0.2, 0) is 14.3 Å². The molecule has 2 fully saturated rings. The van der Waals surface area contributed by atoms with Gasteiger partial charge in [-0.2, -0.15) is 0 Å². The lowest BCUT2D eigenvalue weighted by Crippen LogP contribution is -2.42. The van der Waals surface area contributed by atoms with Crippen molar-refractivity contribution in [2.75, 3.05) is 39.4 Å². The fourth-order valence-electron chi connectivity index (χ4n) is 3.93. The molecular formula is C23H23ClN2O4. The number of hydrogen-bond acceptors (Lipinski definition) is 5. The zero-order valence-electron chi connectivity index (χ0n) is 16.5. The number of likely N-dealkylation sites (tertiary alicyclic amines) is 1. The number of Topliss-reactive ketones (excluding diaryl/α,β-unsaturated/α-hetero) is 1. The topological polar surface area (TPSA) is 70.1 Å². The van der Waals surface area contributed by atoms with Crippen molar-refractivity contribution < 1.29 is 19.4 Å². The fourth-order valence-corrected chi connectivity index (χ4v) is 4.06. The molecule has 2 heterocycles. The summed E-state index contributed by atoms with van der Waals surface area (Å²) in [6, 6.07) is 15.3. The Morgan fingerprint density at radius 1 is 1.00 bits per heavy atom. The number of rotatable bonds is 5. The molecule has 156 valence electrons. The molecule has 0 radical (unpaired) electrons. The first-order valence-electron chi connectivity index (χ1n) is 9.95. The van der Waals surface area contributed by atoms with Gasteiger partial charge in [0.05, 0.1) is 24.8 Å². The second kappa shape index (κ2) is 9.00. The van der Waals surface area contributed by atoms with E-state index in [1.807, 2.05) is 30.3 Å². The largest absolute Gasteiger partial charge is 0.507 e. The summed E-state index contributed by atoms with van der Waals surface area (Å²) in [6.45, 7) is 3.95. The molecule has 1 amide bonds. The molecule has 2 aromatic carbocycles. The second-order valence-electron chi connectivity index (χ2n) is 7.36. The third-order valence-corrected chi connectivity index (χ3v) is 5.79. The Morgan fingerprint density at radius 3 is 2.33 bits per heavy atom. The third-order valence-electron chi connectivity index (χ3n) is 5.53. The Balaban J connectivity index is 1.71. The van der Waals surface area contributed by atoms with Gasteiger partial charge in [0.2, 0.25) is 0 Å². The fraction of sp³-hybridized carbons (Fsp3) is 0.304. The lowest BCUT2D eigenvalue weighted by molar-refractivity contribution is -0.140. The monoisotopic (exact) mass is 426 g/mol. The Hall–Kier alpha value is -2.67. The van der Waals surface area contributed by atoms with Gasteiger partial charge in [0.25, 0.3) is 11.7 Å². The highest BCUT2D eigenvalue weighted by Crippen LogP contribution is 2.39. The number of ketones is 1. The lowest BCUT2D eigenvalue weighted by Gasteiger charge is -2.31. The number of morpholine rings is 1. The normalized spacial score (nSPS) is 21.9. The molecule has 2 saturated heterocycles. The van der Waals surface area contributed by atoms with Gasteiger partial charge in [0.1, 0.15) is 5.76 Å². The van der Waals surface area contributed by atoms with Crippen LogP contribution >= 0.6 is 11.6 Å². The molecule has 6 nitrogen and oxygen atoms in total. The summed E-state index contributed by atoms with van der Waals surface area (Å²) in [5.74, 6) is -1.45. The van der Waals surface area contributed by atoms with Crippen molar-refractivity contribution in [3.05, 3.63) is 76.3 Å². The van der Waals surface area contributed by atoms with Crippen LogP contribution in [0.3, 0.4) is 0 Å². The number of halogens is 1. The number of amides is 1. The summed E-state index contributed by atoms with van der Waals surface area (Å²) < 4.78 is 5.38. The van der Waals surface area contributed by atoms with Crippen molar-refractivity contribution >= 4 is 29.1 Å². The zero-order valence-corrected chi connectivity index (χ0v) is 17.2. The maximum atomic E-state index is 13.0. The first-order chi connectivity index (χ1) is 14.6. The minimum Gasteiger partial charge on any atom is -0.507 e. The van der Waals surface area contributed by atoms with Crippen molar-refractivity contribution in [3.63, 3.8) is 0 Å². The molecule has 0 spiro atoms. The minimum atomic E-state index is -0.668. The van der Waals surface area contributed by atoms with Crippen LogP contribution in [0.15, 0.2) is 60.2 Å². The van der Waals surface area contributed by atoms with Crippen molar-refractivity contribution in [1.29, 1.82) is 0 Å². The quantitative estimate of drug-likeness (QED) is 0.452. The van der Waals surface area contributed by atoms with Crippen molar-refractivity contribution in [2.24, 2.45) is 0 Å². The van der Waals surface area contributed by atoms with E-state index in [0.717, 1.165) is 18.7 Å².